The first kappa shape index (κ1) is 14.5. The zero-order valence-corrected chi connectivity index (χ0v) is 12.6. The molecule has 3 unspecified atom stereocenters. The Hall–Kier alpha value is -0.910. The minimum atomic E-state index is -0.0582. The number of nitrogens with one attached hydrogen (secondary N) is 1. The highest BCUT2D eigenvalue weighted by Gasteiger charge is 2.41. The maximum Gasteiger partial charge on any atom is 0.241 e. The summed E-state index contributed by atoms with van der Waals surface area (Å²) in [5, 5.41) is 5.50. The number of hydrogen-bond acceptors (Lipinski definition) is 4. The van der Waals surface area contributed by atoms with Crippen molar-refractivity contribution >= 4 is 17.2 Å². The van der Waals surface area contributed by atoms with Gasteiger partial charge < -0.3 is 9.64 Å². The van der Waals surface area contributed by atoms with E-state index in [2.05, 4.69) is 23.7 Å². The molecule has 2 heterocycles. The van der Waals surface area contributed by atoms with Crippen molar-refractivity contribution in [3.8, 4) is 0 Å². The van der Waals surface area contributed by atoms with E-state index in [0.717, 1.165) is 12.8 Å². The molecule has 1 saturated heterocycles. The number of ether oxygens (including phenoxy) is 1. The third kappa shape index (κ3) is 2.99. The van der Waals surface area contributed by atoms with Gasteiger partial charge in [-0.05, 0) is 31.2 Å². The van der Waals surface area contributed by atoms with Crippen LogP contribution in [0, 0.1) is 0 Å². The summed E-state index contributed by atoms with van der Waals surface area (Å²) in [6.07, 6.45) is 1.71. The summed E-state index contributed by atoms with van der Waals surface area (Å²) in [5.41, 5.74) is 0. The number of carbonyl (C=O) groups excluding carboxylic acids is 1. The molecule has 4 nitrogen and oxygen atoms in total. The summed E-state index contributed by atoms with van der Waals surface area (Å²) in [6, 6.07) is 4.24. The molecule has 0 aliphatic carbocycles. The van der Waals surface area contributed by atoms with Crippen molar-refractivity contribution in [2.45, 2.75) is 44.9 Å². The zero-order chi connectivity index (χ0) is 13.8. The van der Waals surface area contributed by atoms with E-state index in [1.165, 1.54) is 4.88 Å². The normalized spacial score (nSPS) is 25.0. The van der Waals surface area contributed by atoms with Gasteiger partial charge in [-0.1, -0.05) is 13.0 Å². The minimum absolute atomic E-state index is 0.0179. The van der Waals surface area contributed by atoms with Gasteiger partial charge >= 0.3 is 0 Å². The minimum Gasteiger partial charge on any atom is -0.385 e. The molecule has 0 bridgehead atoms. The van der Waals surface area contributed by atoms with Crippen LogP contribution in [0.2, 0.25) is 0 Å². The van der Waals surface area contributed by atoms with Crippen molar-refractivity contribution in [2.75, 3.05) is 13.7 Å². The zero-order valence-electron chi connectivity index (χ0n) is 11.8. The van der Waals surface area contributed by atoms with Gasteiger partial charge in [-0.15, -0.1) is 11.3 Å². The monoisotopic (exact) mass is 282 g/mol. The molecule has 1 fully saturated rings. The van der Waals surface area contributed by atoms with Crippen LogP contribution in [0.1, 0.15) is 37.7 Å². The van der Waals surface area contributed by atoms with Gasteiger partial charge in [-0.2, -0.15) is 0 Å². The van der Waals surface area contributed by atoms with Crippen LogP contribution in [0.4, 0.5) is 0 Å². The predicted molar refractivity (Wildman–Crippen MR) is 77.1 cm³/mol. The van der Waals surface area contributed by atoms with Gasteiger partial charge in [0, 0.05) is 24.6 Å². The van der Waals surface area contributed by atoms with Crippen LogP contribution in [0.5, 0.6) is 0 Å². The Labute approximate surface area is 118 Å². The number of nitrogens with zero attached hydrogens (tertiary/aromatic N) is 1. The van der Waals surface area contributed by atoms with Crippen molar-refractivity contribution < 1.29 is 9.53 Å². The van der Waals surface area contributed by atoms with Crippen LogP contribution in [0.25, 0.3) is 0 Å². The first-order valence-corrected chi connectivity index (χ1v) is 7.67. The Balaban J connectivity index is 2.17. The Morgan fingerprint density at radius 3 is 2.95 bits per heavy atom. The fourth-order valence-corrected chi connectivity index (χ4v) is 3.29. The number of hydrogen-bond donors (Lipinski definition) is 1. The first-order valence-electron chi connectivity index (χ1n) is 6.79. The van der Waals surface area contributed by atoms with Crippen LogP contribution in [-0.2, 0) is 9.53 Å². The van der Waals surface area contributed by atoms with E-state index in [4.69, 9.17) is 4.74 Å². The summed E-state index contributed by atoms with van der Waals surface area (Å²) in [7, 11) is 1.70. The van der Waals surface area contributed by atoms with Gasteiger partial charge in [0.25, 0.3) is 0 Å². The van der Waals surface area contributed by atoms with Gasteiger partial charge in [-0.3, -0.25) is 10.1 Å². The van der Waals surface area contributed by atoms with E-state index >= 15 is 0 Å². The molecule has 0 spiro atoms. The predicted octanol–water partition coefficient (Wildman–Crippen LogP) is 2.38. The Morgan fingerprint density at radius 1 is 1.58 bits per heavy atom. The molecule has 5 heteroatoms. The molecule has 1 aliphatic heterocycles. The van der Waals surface area contributed by atoms with Crippen LogP contribution < -0.4 is 5.32 Å². The Bertz CT molecular complexity index is 408. The van der Waals surface area contributed by atoms with Gasteiger partial charge in [0.05, 0.1) is 6.04 Å². The standard InChI is InChI=1S/C14H22N2O2S/c1-4-11-14(17)16(10(2)7-8-18-3)13(15-11)12-6-5-9-19-12/h5-6,9-11,13,15H,4,7-8H2,1-3H3. The number of carbonyl (C=O) groups is 1. The second-order valence-corrected chi connectivity index (χ2v) is 5.90. The molecule has 1 aromatic heterocycles. The average Bonchev–Trinajstić information content (AvgIpc) is 3.03. The number of rotatable bonds is 6. The summed E-state index contributed by atoms with van der Waals surface area (Å²) < 4.78 is 5.13. The van der Waals surface area contributed by atoms with Crippen molar-refractivity contribution in [1.29, 1.82) is 0 Å². The van der Waals surface area contributed by atoms with Crippen molar-refractivity contribution in [2.24, 2.45) is 0 Å². The lowest BCUT2D eigenvalue weighted by Crippen LogP contribution is -2.38. The SMILES string of the molecule is CCC1NC(c2cccs2)N(C(C)CCOC)C1=O. The van der Waals surface area contributed by atoms with Crippen molar-refractivity contribution in [3.05, 3.63) is 22.4 Å². The topological polar surface area (TPSA) is 41.6 Å². The fourth-order valence-electron chi connectivity index (χ4n) is 2.51. The highest BCUT2D eigenvalue weighted by molar-refractivity contribution is 7.10. The third-order valence-electron chi connectivity index (χ3n) is 3.63. The largest absolute Gasteiger partial charge is 0.385 e. The van der Waals surface area contributed by atoms with E-state index in [0.29, 0.717) is 6.61 Å². The second kappa shape index (κ2) is 6.50. The molecule has 2 rings (SSSR count). The van der Waals surface area contributed by atoms with Crippen LogP contribution in [0.15, 0.2) is 17.5 Å². The van der Waals surface area contributed by atoms with E-state index < -0.39 is 0 Å². The lowest BCUT2D eigenvalue weighted by molar-refractivity contribution is -0.132. The average molecular weight is 282 g/mol. The molecule has 0 radical (unpaired) electrons. The molecule has 1 amide bonds. The number of methoxy groups -OCH3 is 1. The Morgan fingerprint density at radius 2 is 2.37 bits per heavy atom. The van der Waals surface area contributed by atoms with Crippen LogP contribution >= 0.6 is 11.3 Å². The molecule has 1 aliphatic rings. The third-order valence-corrected chi connectivity index (χ3v) is 4.55. The van der Waals surface area contributed by atoms with E-state index in [1.54, 1.807) is 18.4 Å². The lowest BCUT2D eigenvalue weighted by Gasteiger charge is -2.29. The van der Waals surface area contributed by atoms with Gasteiger partial charge in [0.2, 0.25) is 5.91 Å². The van der Waals surface area contributed by atoms with E-state index in [-0.39, 0.29) is 24.2 Å². The number of amides is 1. The van der Waals surface area contributed by atoms with Crippen molar-refractivity contribution in [3.63, 3.8) is 0 Å². The van der Waals surface area contributed by atoms with Crippen LogP contribution in [-0.4, -0.2) is 36.6 Å². The van der Waals surface area contributed by atoms with Gasteiger partial charge in [-0.25, -0.2) is 0 Å². The first-order chi connectivity index (χ1) is 9.19. The summed E-state index contributed by atoms with van der Waals surface area (Å²) in [6.45, 7) is 4.82. The molecule has 0 saturated carbocycles. The lowest BCUT2D eigenvalue weighted by atomic mass is 10.1. The molecule has 106 valence electrons. The smallest absolute Gasteiger partial charge is 0.241 e. The second-order valence-electron chi connectivity index (χ2n) is 4.92. The highest BCUT2D eigenvalue weighted by Crippen LogP contribution is 2.31. The fraction of sp³-hybridized carbons (Fsp3) is 0.643. The maximum absolute atomic E-state index is 12.5. The van der Waals surface area contributed by atoms with E-state index in [9.17, 15) is 4.79 Å². The summed E-state index contributed by atoms with van der Waals surface area (Å²) in [4.78, 5) is 15.7. The summed E-state index contributed by atoms with van der Waals surface area (Å²) in [5.74, 6) is 0.213. The summed E-state index contributed by atoms with van der Waals surface area (Å²) >= 11 is 1.69. The van der Waals surface area contributed by atoms with Gasteiger partial charge in [0.15, 0.2) is 0 Å². The Kier molecular flexibility index (Phi) is 4.96. The van der Waals surface area contributed by atoms with Crippen LogP contribution in [0.3, 0.4) is 0 Å². The quantitative estimate of drug-likeness (QED) is 0.871. The maximum atomic E-state index is 12.5. The molecule has 3 atom stereocenters. The highest BCUT2D eigenvalue weighted by atomic mass is 32.1. The molecule has 0 aromatic carbocycles. The van der Waals surface area contributed by atoms with E-state index in [1.807, 2.05) is 17.9 Å². The molecule has 1 aromatic rings. The van der Waals surface area contributed by atoms with Gasteiger partial charge in [0.1, 0.15) is 6.17 Å². The number of thiophene rings is 1. The van der Waals surface area contributed by atoms with Crippen molar-refractivity contribution in [1.82, 2.24) is 10.2 Å². The molecule has 1 N–H and O–H groups in total. The molecular weight excluding hydrogens is 260 g/mol. The molecular formula is C14H22N2O2S. The molecule has 19 heavy (non-hydrogen) atoms.